The van der Waals surface area contributed by atoms with Crippen LogP contribution in [0.15, 0.2) is 23.3 Å². The maximum absolute atomic E-state index is 11.5. The van der Waals surface area contributed by atoms with Crippen molar-refractivity contribution < 1.29 is 5.11 Å². The Hall–Kier alpha value is -0.560. The molecule has 0 aromatic rings. The Bertz CT molecular complexity index is 433. The van der Waals surface area contributed by atoms with Crippen molar-refractivity contribution in [3.63, 3.8) is 0 Å². The molecule has 0 aromatic carbocycles. The van der Waals surface area contributed by atoms with E-state index in [-0.39, 0.29) is 5.41 Å². The van der Waals surface area contributed by atoms with Crippen LogP contribution < -0.4 is 0 Å². The predicted molar refractivity (Wildman–Crippen MR) is 75.3 cm³/mol. The molecular weight excluding hydrogens is 220 g/mol. The molecule has 0 radical (unpaired) electrons. The minimum Gasteiger partial charge on any atom is -0.385 e. The van der Waals surface area contributed by atoms with Gasteiger partial charge in [-0.2, -0.15) is 0 Å². The molecule has 1 nitrogen and oxygen atoms in total. The van der Waals surface area contributed by atoms with Gasteiger partial charge in [-0.05, 0) is 62.9 Å². The number of rotatable bonds is 1. The summed E-state index contributed by atoms with van der Waals surface area (Å²) in [5.41, 5.74) is 3.47. The Morgan fingerprint density at radius 2 is 2.06 bits per heavy atom. The van der Waals surface area contributed by atoms with E-state index in [1.807, 2.05) is 0 Å². The standard InChI is InChI=1S/C17H26O/c1-11-6-5-7-15(11)17(18)10-12(2)14-8-9-16(17,4)13(14)3/h12,14,18H,3,5-10H2,1-2,4H3/t12-,14-,16-,17-/m1/s1. The summed E-state index contributed by atoms with van der Waals surface area (Å²) in [5, 5.41) is 11.5. The van der Waals surface area contributed by atoms with Gasteiger partial charge in [-0.3, -0.25) is 0 Å². The number of allylic oxidation sites excluding steroid dienone is 1. The fourth-order valence-electron chi connectivity index (χ4n) is 5.03. The maximum atomic E-state index is 11.5. The summed E-state index contributed by atoms with van der Waals surface area (Å²) in [5.74, 6) is 1.23. The highest BCUT2D eigenvalue weighted by Crippen LogP contribution is 2.64. The topological polar surface area (TPSA) is 20.2 Å². The molecule has 100 valence electrons. The van der Waals surface area contributed by atoms with E-state index in [9.17, 15) is 5.11 Å². The Morgan fingerprint density at radius 1 is 1.33 bits per heavy atom. The van der Waals surface area contributed by atoms with Gasteiger partial charge in [-0.1, -0.05) is 31.6 Å². The van der Waals surface area contributed by atoms with Gasteiger partial charge in [-0.25, -0.2) is 0 Å². The molecule has 3 aliphatic carbocycles. The van der Waals surface area contributed by atoms with Crippen LogP contribution in [-0.4, -0.2) is 10.7 Å². The van der Waals surface area contributed by atoms with Crippen molar-refractivity contribution >= 4 is 0 Å². The number of fused-ring (bicyclic) bond motifs is 2. The van der Waals surface area contributed by atoms with Crippen LogP contribution in [0.25, 0.3) is 0 Å². The molecule has 0 aliphatic heterocycles. The summed E-state index contributed by atoms with van der Waals surface area (Å²) in [7, 11) is 0. The molecule has 1 N–H and O–H groups in total. The second-order valence-electron chi connectivity index (χ2n) is 7.16. The molecule has 3 aliphatic rings. The third-order valence-corrected chi connectivity index (χ3v) is 6.32. The predicted octanol–water partition coefficient (Wildman–Crippen LogP) is 4.23. The molecule has 0 heterocycles. The van der Waals surface area contributed by atoms with E-state index in [0.29, 0.717) is 11.8 Å². The largest absolute Gasteiger partial charge is 0.385 e. The first kappa shape index (κ1) is 12.5. The van der Waals surface area contributed by atoms with Crippen molar-refractivity contribution in [1.29, 1.82) is 0 Å². The van der Waals surface area contributed by atoms with Gasteiger partial charge in [0.25, 0.3) is 0 Å². The van der Waals surface area contributed by atoms with Gasteiger partial charge in [-0.15, -0.1) is 0 Å². The monoisotopic (exact) mass is 246 g/mol. The molecular formula is C17H26O. The van der Waals surface area contributed by atoms with Crippen LogP contribution in [0.5, 0.6) is 0 Å². The zero-order valence-electron chi connectivity index (χ0n) is 12.1. The highest BCUT2D eigenvalue weighted by molar-refractivity contribution is 5.40. The van der Waals surface area contributed by atoms with Gasteiger partial charge in [0, 0.05) is 5.41 Å². The Balaban J connectivity index is 2.10. The van der Waals surface area contributed by atoms with Gasteiger partial charge in [0.1, 0.15) is 0 Å². The first-order valence-electron chi connectivity index (χ1n) is 7.51. The number of hydrogen-bond donors (Lipinski definition) is 1. The molecule has 18 heavy (non-hydrogen) atoms. The molecule has 0 saturated heterocycles. The van der Waals surface area contributed by atoms with Crippen molar-refractivity contribution in [2.24, 2.45) is 17.3 Å². The fourth-order valence-corrected chi connectivity index (χ4v) is 5.03. The van der Waals surface area contributed by atoms with Crippen LogP contribution in [0.1, 0.15) is 59.3 Å². The van der Waals surface area contributed by atoms with Crippen LogP contribution >= 0.6 is 0 Å². The maximum Gasteiger partial charge on any atom is 0.0952 e. The van der Waals surface area contributed by atoms with E-state index in [1.54, 1.807) is 0 Å². The number of aliphatic hydroxyl groups is 1. The summed E-state index contributed by atoms with van der Waals surface area (Å²) in [6.07, 6.45) is 6.80. The van der Waals surface area contributed by atoms with Crippen molar-refractivity contribution in [2.45, 2.75) is 64.9 Å². The van der Waals surface area contributed by atoms with E-state index < -0.39 is 5.60 Å². The molecule has 0 spiro atoms. The average Bonchev–Trinajstić information content (AvgIpc) is 2.82. The smallest absolute Gasteiger partial charge is 0.0952 e. The van der Waals surface area contributed by atoms with Gasteiger partial charge in [0.05, 0.1) is 5.60 Å². The Morgan fingerprint density at radius 3 is 2.67 bits per heavy atom. The van der Waals surface area contributed by atoms with Crippen molar-refractivity contribution in [1.82, 2.24) is 0 Å². The van der Waals surface area contributed by atoms with E-state index in [4.69, 9.17) is 0 Å². The van der Waals surface area contributed by atoms with Crippen molar-refractivity contribution in [3.05, 3.63) is 23.3 Å². The van der Waals surface area contributed by atoms with E-state index in [2.05, 4.69) is 27.4 Å². The lowest BCUT2D eigenvalue weighted by atomic mass is 9.57. The minimum absolute atomic E-state index is 0.0644. The van der Waals surface area contributed by atoms with Crippen LogP contribution in [0.4, 0.5) is 0 Å². The normalized spacial score (nSPS) is 48.1. The van der Waals surface area contributed by atoms with Crippen LogP contribution in [0.2, 0.25) is 0 Å². The quantitative estimate of drug-likeness (QED) is 0.686. The van der Waals surface area contributed by atoms with E-state index >= 15 is 0 Å². The van der Waals surface area contributed by atoms with E-state index in [0.717, 1.165) is 19.3 Å². The summed E-state index contributed by atoms with van der Waals surface area (Å²) in [6, 6.07) is 0. The summed E-state index contributed by atoms with van der Waals surface area (Å²) < 4.78 is 0. The lowest BCUT2D eigenvalue weighted by molar-refractivity contribution is -0.0540. The zero-order valence-corrected chi connectivity index (χ0v) is 12.1. The molecule has 0 unspecified atom stereocenters. The molecule has 0 amide bonds. The van der Waals surface area contributed by atoms with E-state index in [1.165, 1.54) is 36.0 Å². The Kier molecular flexibility index (Phi) is 2.58. The van der Waals surface area contributed by atoms with Gasteiger partial charge in [0.15, 0.2) is 0 Å². The highest BCUT2D eigenvalue weighted by atomic mass is 16.3. The summed E-state index contributed by atoms with van der Waals surface area (Å²) in [4.78, 5) is 0. The average molecular weight is 246 g/mol. The molecule has 2 fully saturated rings. The second-order valence-corrected chi connectivity index (χ2v) is 7.16. The Labute approximate surface area is 111 Å². The van der Waals surface area contributed by atoms with Gasteiger partial charge < -0.3 is 5.11 Å². The molecule has 4 atom stereocenters. The second kappa shape index (κ2) is 3.72. The van der Waals surface area contributed by atoms with Crippen molar-refractivity contribution in [3.8, 4) is 0 Å². The van der Waals surface area contributed by atoms with Crippen LogP contribution in [0, 0.1) is 17.3 Å². The molecule has 0 aromatic heterocycles. The zero-order chi connectivity index (χ0) is 13.1. The minimum atomic E-state index is -0.600. The number of hydrogen-bond acceptors (Lipinski definition) is 1. The fraction of sp³-hybridized carbons (Fsp3) is 0.765. The first-order chi connectivity index (χ1) is 8.40. The van der Waals surface area contributed by atoms with Crippen molar-refractivity contribution in [2.75, 3.05) is 0 Å². The van der Waals surface area contributed by atoms with Gasteiger partial charge in [0.2, 0.25) is 0 Å². The third kappa shape index (κ3) is 1.32. The lowest BCUT2D eigenvalue weighted by Gasteiger charge is -2.51. The molecule has 2 saturated carbocycles. The molecule has 2 bridgehead atoms. The lowest BCUT2D eigenvalue weighted by Crippen LogP contribution is -2.52. The molecule has 1 heteroatoms. The first-order valence-corrected chi connectivity index (χ1v) is 7.51. The highest BCUT2D eigenvalue weighted by Gasteiger charge is 2.60. The summed E-state index contributed by atoms with van der Waals surface area (Å²) in [6.45, 7) is 11.2. The summed E-state index contributed by atoms with van der Waals surface area (Å²) >= 11 is 0. The van der Waals surface area contributed by atoms with Crippen LogP contribution in [0.3, 0.4) is 0 Å². The SMILES string of the molecule is C=C1[C@@H]2CC[C@@]1(C)[C@](O)(C1=C(C)CCC1)C[C@H]2C. The third-order valence-electron chi connectivity index (χ3n) is 6.32. The molecule has 3 rings (SSSR count). The van der Waals surface area contributed by atoms with Gasteiger partial charge >= 0.3 is 0 Å². The van der Waals surface area contributed by atoms with Crippen LogP contribution in [-0.2, 0) is 0 Å².